The fourth-order valence-corrected chi connectivity index (χ4v) is 3.19. The zero-order chi connectivity index (χ0) is 14.3. The molecule has 19 heavy (non-hydrogen) atoms. The maximum Gasteiger partial charge on any atom is 0.0730 e. The molecule has 1 fully saturated rings. The quantitative estimate of drug-likeness (QED) is 0.692. The van der Waals surface area contributed by atoms with Crippen LogP contribution in [0.15, 0.2) is 0 Å². The van der Waals surface area contributed by atoms with E-state index in [0.29, 0.717) is 17.6 Å². The van der Waals surface area contributed by atoms with Gasteiger partial charge in [0.25, 0.3) is 0 Å². The van der Waals surface area contributed by atoms with Gasteiger partial charge in [0.1, 0.15) is 0 Å². The van der Waals surface area contributed by atoms with E-state index in [2.05, 4.69) is 40.1 Å². The van der Waals surface area contributed by atoms with Gasteiger partial charge in [0, 0.05) is 12.6 Å². The molecule has 1 saturated carbocycles. The molecule has 114 valence electrons. The van der Waals surface area contributed by atoms with Crippen LogP contribution in [-0.2, 0) is 4.74 Å². The molecule has 1 rings (SSSR count). The maximum atomic E-state index is 6.20. The van der Waals surface area contributed by atoms with E-state index >= 15 is 0 Å². The van der Waals surface area contributed by atoms with E-state index in [1.165, 1.54) is 44.9 Å². The van der Waals surface area contributed by atoms with Crippen molar-refractivity contribution in [2.24, 2.45) is 11.3 Å². The molecule has 0 amide bonds. The summed E-state index contributed by atoms with van der Waals surface area (Å²) in [7, 11) is 2.08. The fourth-order valence-electron chi connectivity index (χ4n) is 3.19. The van der Waals surface area contributed by atoms with E-state index in [9.17, 15) is 0 Å². The molecule has 0 bridgehead atoms. The standard InChI is InChI=1S/C17H35NO/c1-6-7-8-9-12-19-16-13-14(17(2,3)4)10-11-15(16)18-5/h14-16,18H,6-13H2,1-5H3. The molecule has 3 unspecified atom stereocenters. The highest BCUT2D eigenvalue weighted by Crippen LogP contribution is 2.38. The Labute approximate surface area is 120 Å². The molecular formula is C17H35NO. The molecule has 1 N–H and O–H groups in total. The van der Waals surface area contributed by atoms with Crippen LogP contribution in [0, 0.1) is 11.3 Å². The van der Waals surface area contributed by atoms with Gasteiger partial charge in [-0.1, -0.05) is 47.0 Å². The number of hydrogen-bond donors (Lipinski definition) is 1. The summed E-state index contributed by atoms with van der Waals surface area (Å²) in [5, 5.41) is 3.45. The lowest BCUT2D eigenvalue weighted by atomic mass is 9.70. The van der Waals surface area contributed by atoms with Crippen LogP contribution in [0.25, 0.3) is 0 Å². The highest BCUT2D eigenvalue weighted by atomic mass is 16.5. The monoisotopic (exact) mass is 269 g/mol. The first-order valence-corrected chi connectivity index (χ1v) is 8.28. The smallest absolute Gasteiger partial charge is 0.0730 e. The van der Waals surface area contributed by atoms with Gasteiger partial charge in [0.2, 0.25) is 0 Å². The number of rotatable bonds is 7. The predicted molar refractivity (Wildman–Crippen MR) is 83.5 cm³/mol. The van der Waals surface area contributed by atoms with E-state index in [1.807, 2.05) is 0 Å². The zero-order valence-corrected chi connectivity index (χ0v) is 13.8. The van der Waals surface area contributed by atoms with E-state index in [-0.39, 0.29) is 0 Å². The lowest BCUT2D eigenvalue weighted by molar-refractivity contribution is -0.0273. The number of hydrogen-bond acceptors (Lipinski definition) is 2. The maximum absolute atomic E-state index is 6.20. The predicted octanol–water partition coefficient (Wildman–Crippen LogP) is 4.39. The Hall–Kier alpha value is -0.0800. The summed E-state index contributed by atoms with van der Waals surface area (Å²) in [5.41, 5.74) is 0.419. The minimum Gasteiger partial charge on any atom is -0.377 e. The zero-order valence-electron chi connectivity index (χ0n) is 13.8. The third kappa shape index (κ3) is 5.83. The molecule has 1 aliphatic rings. The van der Waals surface area contributed by atoms with E-state index in [4.69, 9.17) is 4.74 Å². The van der Waals surface area contributed by atoms with Crippen molar-refractivity contribution >= 4 is 0 Å². The fraction of sp³-hybridized carbons (Fsp3) is 1.00. The molecule has 0 spiro atoms. The van der Waals surface area contributed by atoms with Gasteiger partial charge < -0.3 is 10.1 Å². The summed E-state index contributed by atoms with van der Waals surface area (Å²) in [6.07, 6.45) is 9.43. The van der Waals surface area contributed by atoms with Crippen molar-refractivity contribution in [3.8, 4) is 0 Å². The third-order valence-corrected chi connectivity index (χ3v) is 4.72. The molecular weight excluding hydrogens is 234 g/mol. The van der Waals surface area contributed by atoms with Crippen LogP contribution in [-0.4, -0.2) is 25.8 Å². The summed E-state index contributed by atoms with van der Waals surface area (Å²) in [6.45, 7) is 10.3. The molecule has 0 heterocycles. The largest absolute Gasteiger partial charge is 0.377 e. The summed E-state index contributed by atoms with van der Waals surface area (Å²) in [4.78, 5) is 0. The molecule has 2 nitrogen and oxygen atoms in total. The van der Waals surface area contributed by atoms with Gasteiger partial charge in [-0.3, -0.25) is 0 Å². The first-order chi connectivity index (χ1) is 8.99. The topological polar surface area (TPSA) is 21.3 Å². The number of likely N-dealkylation sites (N-methyl/N-ethyl adjacent to an activating group) is 1. The number of unbranched alkanes of at least 4 members (excludes halogenated alkanes) is 3. The molecule has 0 radical (unpaired) electrons. The molecule has 0 aromatic heterocycles. The second-order valence-corrected chi connectivity index (χ2v) is 7.24. The lowest BCUT2D eigenvalue weighted by Gasteiger charge is -2.41. The summed E-state index contributed by atoms with van der Waals surface area (Å²) in [5.74, 6) is 0.803. The second kappa shape index (κ2) is 8.26. The molecule has 3 atom stereocenters. The molecule has 1 aliphatic carbocycles. The average Bonchev–Trinajstić information content (AvgIpc) is 2.37. The van der Waals surface area contributed by atoms with Crippen LogP contribution >= 0.6 is 0 Å². The van der Waals surface area contributed by atoms with Gasteiger partial charge in [-0.15, -0.1) is 0 Å². The summed E-state index contributed by atoms with van der Waals surface area (Å²) >= 11 is 0. The Morgan fingerprint density at radius 1 is 1.11 bits per heavy atom. The average molecular weight is 269 g/mol. The number of ether oxygens (including phenoxy) is 1. The summed E-state index contributed by atoms with van der Waals surface area (Å²) < 4.78 is 6.20. The molecule has 0 aromatic rings. The van der Waals surface area contributed by atoms with E-state index < -0.39 is 0 Å². The van der Waals surface area contributed by atoms with Gasteiger partial charge in [-0.2, -0.15) is 0 Å². The first-order valence-electron chi connectivity index (χ1n) is 8.28. The third-order valence-electron chi connectivity index (χ3n) is 4.72. The van der Waals surface area contributed by atoms with Crippen molar-refractivity contribution in [1.29, 1.82) is 0 Å². The second-order valence-electron chi connectivity index (χ2n) is 7.24. The molecule has 0 aromatic carbocycles. The lowest BCUT2D eigenvalue weighted by Crippen LogP contribution is -2.46. The Morgan fingerprint density at radius 2 is 1.84 bits per heavy atom. The Bertz CT molecular complexity index is 234. The van der Waals surface area contributed by atoms with Crippen LogP contribution in [0.2, 0.25) is 0 Å². The highest BCUT2D eigenvalue weighted by Gasteiger charge is 2.35. The first kappa shape index (κ1) is 17.0. The van der Waals surface area contributed by atoms with Crippen LogP contribution in [0.4, 0.5) is 0 Å². The van der Waals surface area contributed by atoms with Crippen molar-refractivity contribution in [2.45, 2.75) is 84.8 Å². The van der Waals surface area contributed by atoms with Gasteiger partial charge in [-0.25, -0.2) is 0 Å². The van der Waals surface area contributed by atoms with Crippen LogP contribution < -0.4 is 5.32 Å². The van der Waals surface area contributed by atoms with Crippen molar-refractivity contribution in [1.82, 2.24) is 5.32 Å². The van der Waals surface area contributed by atoms with Crippen molar-refractivity contribution in [3.63, 3.8) is 0 Å². The number of nitrogens with one attached hydrogen (secondary N) is 1. The Kier molecular flexibility index (Phi) is 7.38. The molecule has 0 saturated heterocycles. The van der Waals surface area contributed by atoms with Crippen LogP contribution in [0.5, 0.6) is 0 Å². The SMILES string of the molecule is CCCCCCOC1CC(C(C)(C)C)CCC1NC. The van der Waals surface area contributed by atoms with Crippen LogP contribution in [0.1, 0.15) is 72.6 Å². The van der Waals surface area contributed by atoms with E-state index in [0.717, 1.165) is 12.5 Å². The summed E-state index contributed by atoms with van der Waals surface area (Å²) in [6, 6.07) is 0.560. The molecule has 0 aliphatic heterocycles. The molecule has 2 heteroatoms. The van der Waals surface area contributed by atoms with Gasteiger partial charge in [-0.05, 0) is 44.1 Å². The Balaban J connectivity index is 2.37. The highest BCUT2D eigenvalue weighted by molar-refractivity contribution is 4.89. The van der Waals surface area contributed by atoms with E-state index in [1.54, 1.807) is 0 Å². The van der Waals surface area contributed by atoms with Crippen molar-refractivity contribution in [3.05, 3.63) is 0 Å². The normalized spacial score (nSPS) is 28.6. The van der Waals surface area contributed by atoms with Crippen LogP contribution in [0.3, 0.4) is 0 Å². The minimum absolute atomic E-state index is 0.419. The van der Waals surface area contributed by atoms with Gasteiger partial charge in [0.15, 0.2) is 0 Å². The van der Waals surface area contributed by atoms with Gasteiger partial charge in [0.05, 0.1) is 6.10 Å². The van der Waals surface area contributed by atoms with Crippen molar-refractivity contribution < 1.29 is 4.74 Å². The minimum atomic E-state index is 0.419. The van der Waals surface area contributed by atoms with Gasteiger partial charge >= 0.3 is 0 Å². The van der Waals surface area contributed by atoms with Crippen molar-refractivity contribution in [2.75, 3.05) is 13.7 Å². The Morgan fingerprint density at radius 3 is 2.42 bits per heavy atom.